The van der Waals surface area contributed by atoms with E-state index in [4.69, 9.17) is 0 Å². The standard InChI is InChI=1S/C12H14N2O2.2C12H16N2O.2C12H16N2.C11H14N2O.C11H14N2.C9H11N3.8C2H6/c1-8(2)14-10-7-5-4-6-9(10)13(3)11(15)12(14)16;1-9(2)14-8-10-6-4-5-7-11(10)13(3)12(14)15;1-9(2)14-11-7-5-4-6-10(11)8-13(3)12(14)15;1-9(2)14-8-11-6-4-5-7-12(11)13-10(14)3;1-9(2)14-10(3)13-8-11-6-4-5-7-12(11)14;1-8(2)13-10-7-5-4-6-9(10)12(3)11(13)14;1-8(2)13-9(3)12-10-6-4-5-7-11(10)13;1-7(2)12-9-6-4-3-5-8(9)10-11-12;8*1-2/h4-8H,1-3H3;2*4-7,9H,8H2,1-3H3;2*4-7,9H,8H2,1-3H3;4-8H,1-3H3;4-8H,1-3H3;3-7H,1-2H3;8*1-2H3. The first kappa shape index (κ1) is 115. The van der Waals surface area contributed by atoms with Gasteiger partial charge in [0.05, 0.1) is 62.2 Å². The van der Waals surface area contributed by atoms with E-state index >= 15 is 0 Å². The average Bonchev–Trinajstić information content (AvgIpc) is 1.38. The first-order valence-corrected chi connectivity index (χ1v) is 47.4. The lowest BCUT2D eigenvalue weighted by molar-refractivity contribution is 0.184. The van der Waals surface area contributed by atoms with E-state index in [2.05, 4.69) is 189 Å². The largest absolute Gasteiger partial charge is 0.353 e. The van der Waals surface area contributed by atoms with Crippen LogP contribution in [-0.4, -0.2) is 120 Å². The zero-order valence-corrected chi connectivity index (χ0v) is 86.6. The lowest BCUT2D eigenvalue weighted by Crippen LogP contribution is -2.48. The number of fused-ring (bicyclic) bond motifs is 8. The van der Waals surface area contributed by atoms with Gasteiger partial charge in [0.2, 0.25) is 0 Å². The number of hydrogen-bond donors (Lipinski definition) is 0. The predicted molar refractivity (Wildman–Crippen MR) is 558 cm³/mol. The molecule has 708 valence electrons. The van der Waals surface area contributed by atoms with Gasteiger partial charge < -0.3 is 28.7 Å². The second-order valence-corrected chi connectivity index (χ2v) is 31.0. The zero-order valence-electron chi connectivity index (χ0n) is 86.6. The number of nitrogens with zero attached hydrogens (tertiary/aromatic N) is 17. The number of para-hydroxylation sites is 11. The number of anilines is 3. The Morgan fingerprint density at radius 3 is 1.18 bits per heavy atom. The minimum Gasteiger partial charge on any atom is -0.353 e. The molecule has 22 nitrogen and oxygen atoms in total. The number of imidazole rings is 2. The molecule has 22 heteroatoms. The number of rotatable bonds is 8. The molecule has 0 unspecified atom stereocenters. The summed E-state index contributed by atoms with van der Waals surface area (Å²) in [5.74, 6) is 3.34. The molecule has 8 heterocycles. The molecule has 8 aromatic carbocycles. The number of benzene rings is 8. The highest BCUT2D eigenvalue weighted by molar-refractivity contribution is 5.99. The Morgan fingerprint density at radius 2 is 0.698 bits per heavy atom. The summed E-state index contributed by atoms with van der Waals surface area (Å²) in [5.41, 5.74) is 16.7. The van der Waals surface area contributed by atoms with Crippen LogP contribution in [0, 0.1) is 6.92 Å². The fourth-order valence-corrected chi connectivity index (χ4v) is 14.6. The van der Waals surface area contributed by atoms with Crippen molar-refractivity contribution in [2.45, 2.75) is 317 Å². The van der Waals surface area contributed by atoms with Crippen LogP contribution in [-0.2, 0) is 40.3 Å². The van der Waals surface area contributed by atoms with Crippen LogP contribution in [0.15, 0.2) is 218 Å². The molecule has 0 fully saturated rings. The zero-order chi connectivity index (χ0) is 98.4. The van der Waals surface area contributed by atoms with Gasteiger partial charge in [-0.2, -0.15) is 0 Å². The molecule has 129 heavy (non-hydrogen) atoms. The highest BCUT2D eigenvalue weighted by Crippen LogP contribution is 2.33. The monoisotopic (exact) mass is 1770 g/mol. The Morgan fingerprint density at radius 1 is 0.310 bits per heavy atom. The van der Waals surface area contributed by atoms with Gasteiger partial charge in [-0.1, -0.05) is 237 Å². The number of carbonyl (C=O) groups is 2. The number of aliphatic imine (C=N–C) groups is 2. The van der Waals surface area contributed by atoms with Crippen molar-refractivity contribution in [3.8, 4) is 0 Å². The summed E-state index contributed by atoms with van der Waals surface area (Å²) in [5, 5.41) is 8.11. The molecular formula is C107H165N17O5. The highest BCUT2D eigenvalue weighted by atomic mass is 16.2. The van der Waals surface area contributed by atoms with Crippen molar-refractivity contribution in [2.75, 3.05) is 28.8 Å². The number of amides is 4. The summed E-state index contributed by atoms with van der Waals surface area (Å²) in [7, 11) is 7.10. The third-order valence-corrected chi connectivity index (χ3v) is 20.2. The van der Waals surface area contributed by atoms with Crippen molar-refractivity contribution < 1.29 is 9.59 Å². The van der Waals surface area contributed by atoms with E-state index in [0.29, 0.717) is 30.7 Å². The van der Waals surface area contributed by atoms with Crippen LogP contribution in [0.3, 0.4) is 0 Å². The molecule has 0 saturated heterocycles. The van der Waals surface area contributed by atoms with Gasteiger partial charge >= 0.3 is 28.9 Å². The first-order valence-electron chi connectivity index (χ1n) is 47.4. The van der Waals surface area contributed by atoms with Gasteiger partial charge in [0.15, 0.2) is 0 Å². The molecule has 0 radical (unpaired) electrons. The van der Waals surface area contributed by atoms with E-state index in [1.54, 1.807) is 21.4 Å². The van der Waals surface area contributed by atoms with Gasteiger partial charge in [0.1, 0.15) is 23.0 Å². The molecule has 12 aromatic rings. The number of amidine groups is 2. The topological polar surface area (TPSA) is 198 Å². The molecule has 4 aliphatic rings. The maximum Gasteiger partial charge on any atom is 0.329 e. The van der Waals surface area contributed by atoms with Crippen LogP contribution in [0.5, 0.6) is 0 Å². The summed E-state index contributed by atoms with van der Waals surface area (Å²) >= 11 is 0. The summed E-state index contributed by atoms with van der Waals surface area (Å²) in [6.07, 6.45) is 0. The van der Waals surface area contributed by atoms with E-state index < -0.39 is 11.1 Å². The van der Waals surface area contributed by atoms with Gasteiger partial charge in [-0.3, -0.25) is 38.1 Å². The van der Waals surface area contributed by atoms with E-state index in [9.17, 15) is 24.0 Å². The maximum absolute atomic E-state index is 12.0. The summed E-state index contributed by atoms with van der Waals surface area (Å²) in [4.78, 5) is 84.8. The summed E-state index contributed by atoms with van der Waals surface area (Å²) in [6.45, 7) is 74.8. The number of aromatic nitrogens is 9. The quantitative estimate of drug-likeness (QED) is 0.132. The number of hydrogen-bond acceptors (Lipinski definition) is 12. The smallest absolute Gasteiger partial charge is 0.329 e. The maximum atomic E-state index is 12.0. The Balaban J connectivity index is 0.000000721. The van der Waals surface area contributed by atoms with E-state index in [-0.39, 0.29) is 41.9 Å². The normalized spacial score (nSPS) is 12.2. The molecule has 0 N–H and O–H groups in total. The second-order valence-electron chi connectivity index (χ2n) is 31.0. The Kier molecular flexibility index (Phi) is 53.1. The fourth-order valence-electron chi connectivity index (χ4n) is 14.6. The number of urea groups is 2. The minimum absolute atomic E-state index is 0.0219. The van der Waals surface area contributed by atoms with Gasteiger partial charge in [0, 0.05) is 102 Å². The van der Waals surface area contributed by atoms with E-state index in [1.807, 2.05) is 328 Å². The molecule has 0 saturated carbocycles. The Hall–Kier alpha value is -11.7. The molecule has 0 atom stereocenters. The van der Waals surface area contributed by atoms with Crippen molar-refractivity contribution >= 4 is 90.6 Å². The van der Waals surface area contributed by atoms with Crippen LogP contribution in [0.2, 0.25) is 0 Å². The summed E-state index contributed by atoms with van der Waals surface area (Å²) < 4.78 is 10.6. The molecule has 4 aliphatic heterocycles. The van der Waals surface area contributed by atoms with Crippen LogP contribution in [0.1, 0.15) is 288 Å². The van der Waals surface area contributed by atoms with Crippen LogP contribution < -0.4 is 31.5 Å². The Bertz CT molecular complexity index is 5510. The van der Waals surface area contributed by atoms with Gasteiger partial charge in [-0.05, 0) is 227 Å². The first-order chi connectivity index (χ1) is 61.7. The molecule has 0 aliphatic carbocycles. The lowest BCUT2D eigenvalue weighted by atomic mass is 10.1. The summed E-state index contributed by atoms with van der Waals surface area (Å²) in [6, 6.07) is 67.2. The van der Waals surface area contributed by atoms with Crippen molar-refractivity contribution in [2.24, 2.45) is 24.1 Å². The van der Waals surface area contributed by atoms with Crippen molar-refractivity contribution in [3.63, 3.8) is 0 Å². The molecule has 0 spiro atoms. The van der Waals surface area contributed by atoms with E-state index in [1.165, 1.54) is 42.6 Å². The van der Waals surface area contributed by atoms with Gasteiger partial charge in [-0.15, -0.1) is 5.10 Å². The molecule has 0 bridgehead atoms. The SMILES string of the molecule is CC.CC.CC.CC.CC.CC.CC.CC.CC(C)N1C(=O)N(C)Cc2ccccc21.CC(C)N1Cc2ccccc2N(C)C1=O.CC(C)n1c(=O)c(=O)n(C)c2ccccc21.CC(C)n1c(=O)n(C)c2ccccc21.CC(C)n1nnc2ccccc21.CC1=NCc2ccccc2N1C(C)C.CC1=Nc2ccccc2CN1C(C)C.Cc1nc2ccccc2n1C(C)C. The fraction of sp³-hybridized carbons (Fsp3) is 0.477. The minimum atomic E-state index is -0.479. The third-order valence-electron chi connectivity index (χ3n) is 20.2. The van der Waals surface area contributed by atoms with Crippen molar-refractivity contribution in [1.82, 2.24) is 57.5 Å². The second kappa shape index (κ2) is 59.4. The van der Waals surface area contributed by atoms with Crippen LogP contribution >= 0.6 is 0 Å². The average molecular weight is 1770 g/mol. The highest BCUT2D eigenvalue weighted by Gasteiger charge is 2.31. The predicted octanol–water partition coefficient (Wildman–Crippen LogP) is 27.1. The number of carbonyl (C=O) groups excluding carboxylic acids is 2. The molecular weight excluding hydrogens is 1600 g/mol. The lowest BCUT2D eigenvalue weighted by Gasteiger charge is -2.37. The van der Waals surface area contributed by atoms with Crippen molar-refractivity contribution in [1.29, 1.82) is 0 Å². The third kappa shape index (κ3) is 30.8. The van der Waals surface area contributed by atoms with E-state index in [0.717, 1.165) is 92.8 Å². The molecule has 4 amide bonds. The Labute approximate surface area is 776 Å². The van der Waals surface area contributed by atoms with Crippen molar-refractivity contribution in [3.05, 3.63) is 253 Å². The molecule has 4 aromatic heterocycles. The van der Waals surface area contributed by atoms with Crippen LogP contribution in [0.4, 0.5) is 32.3 Å². The molecule has 16 rings (SSSR count). The number of aryl methyl sites for hydroxylation is 3. The van der Waals surface area contributed by atoms with Crippen LogP contribution in [0.25, 0.3) is 44.1 Å². The van der Waals surface area contributed by atoms with Gasteiger partial charge in [-0.25, -0.2) is 29.0 Å². The van der Waals surface area contributed by atoms with Gasteiger partial charge in [0.25, 0.3) is 0 Å².